The van der Waals surface area contributed by atoms with Crippen LogP contribution in [0.15, 0.2) is 48.5 Å². The third-order valence-electron chi connectivity index (χ3n) is 2.48. The largest absolute Gasteiger partial charge is 0.497 e. The van der Waals surface area contributed by atoms with Crippen LogP contribution in [-0.4, -0.2) is 14.0 Å². The highest BCUT2D eigenvalue weighted by molar-refractivity contribution is 5.65. The minimum atomic E-state index is -0.813. The molecule has 2 aromatic carbocycles. The smallest absolute Gasteiger partial charge is 0.228 e. The standard InChI is InChI=1S/C14H13FO2/c1-16-13-7-5-11(6-8-13)12-3-2-4-14(9-12)17-10-15/h2-9H,10H2,1H3. The monoisotopic (exact) mass is 232 g/mol. The Morgan fingerprint density at radius 2 is 1.71 bits per heavy atom. The molecule has 0 bridgehead atoms. The van der Waals surface area contributed by atoms with Crippen LogP contribution in [0.2, 0.25) is 0 Å². The minimum absolute atomic E-state index is 0.529. The third-order valence-corrected chi connectivity index (χ3v) is 2.48. The second kappa shape index (κ2) is 5.34. The number of rotatable bonds is 4. The molecule has 0 saturated carbocycles. The SMILES string of the molecule is COc1ccc(-c2cccc(OCF)c2)cc1. The first-order valence-electron chi connectivity index (χ1n) is 5.27. The number of benzene rings is 2. The summed E-state index contributed by atoms with van der Waals surface area (Å²) < 4.78 is 22.0. The molecule has 0 radical (unpaired) electrons. The number of ether oxygens (including phenoxy) is 2. The van der Waals surface area contributed by atoms with Gasteiger partial charge in [0.25, 0.3) is 0 Å². The number of alkyl halides is 1. The van der Waals surface area contributed by atoms with Crippen LogP contribution in [-0.2, 0) is 0 Å². The highest BCUT2D eigenvalue weighted by atomic mass is 19.1. The molecule has 0 aliphatic rings. The van der Waals surface area contributed by atoms with Crippen molar-refractivity contribution in [1.29, 1.82) is 0 Å². The summed E-state index contributed by atoms with van der Waals surface area (Å²) in [6, 6.07) is 15.0. The van der Waals surface area contributed by atoms with Crippen LogP contribution in [0.5, 0.6) is 11.5 Å². The van der Waals surface area contributed by atoms with Crippen molar-refractivity contribution >= 4 is 0 Å². The average Bonchev–Trinajstić information content (AvgIpc) is 2.40. The molecule has 0 heterocycles. The van der Waals surface area contributed by atoms with E-state index < -0.39 is 6.86 Å². The topological polar surface area (TPSA) is 18.5 Å². The lowest BCUT2D eigenvalue weighted by molar-refractivity contribution is 0.192. The Balaban J connectivity index is 2.28. The molecule has 17 heavy (non-hydrogen) atoms. The normalized spacial score (nSPS) is 10.0. The van der Waals surface area contributed by atoms with Crippen molar-refractivity contribution in [3.8, 4) is 22.6 Å². The van der Waals surface area contributed by atoms with Crippen molar-refractivity contribution in [3.05, 3.63) is 48.5 Å². The molecule has 2 nitrogen and oxygen atoms in total. The van der Waals surface area contributed by atoms with Crippen molar-refractivity contribution in [2.75, 3.05) is 14.0 Å². The van der Waals surface area contributed by atoms with Crippen LogP contribution in [0.1, 0.15) is 0 Å². The summed E-state index contributed by atoms with van der Waals surface area (Å²) in [6.45, 7) is -0.813. The van der Waals surface area contributed by atoms with Gasteiger partial charge in [-0.1, -0.05) is 24.3 Å². The van der Waals surface area contributed by atoms with Gasteiger partial charge in [-0.25, -0.2) is 4.39 Å². The Bertz CT molecular complexity index is 480. The predicted molar refractivity (Wildman–Crippen MR) is 65.0 cm³/mol. The van der Waals surface area contributed by atoms with Gasteiger partial charge in [-0.3, -0.25) is 0 Å². The first-order chi connectivity index (χ1) is 8.33. The summed E-state index contributed by atoms with van der Waals surface area (Å²) in [5.74, 6) is 1.34. The minimum Gasteiger partial charge on any atom is -0.497 e. The quantitative estimate of drug-likeness (QED) is 0.800. The first kappa shape index (κ1) is 11.5. The van der Waals surface area contributed by atoms with E-state index in [9.17, 15) is 4.39 Å². The molecular formula is C14H13FO2. The Kier molecular flexibility index (Phi) is 3.60. The molecular weight excluding hydrogens is 219 g/mol. The molecule has 0 spiro atoms. The van der Waals surface area contributed by atoms with Gasteiger partial charge in [0, 0.05) is 0 Å². The van der Waals surface area contributed by atoms with E-state index in [4.69, 9.17) is 9.47 Å². The maximum atomic E-state index is 12.1. The summed E-state index contributed by atoms with van der Waals surface area (Å²) >= 11 is 0. The van der Waals surface area contributed by atoms with Crippen LogP contribution in [0.3, 0.4) is 0 Å². The zero-order chi connectivity index (χ0) is 12.1. The van der Waals surface area contributed by atoms with E-state index in [1.54, 1.807) is 19.2 Å². The van der Waals surface area contributed by atoms with E-state index in [-0.39, 0.29) is 0 Å². The fraction of sp³-hybridized carbons (Fsp3) is 0.143. The fourth-order valence-corrected chi connectivity index (χ4v) is 1.61. The first-order valence-corrected chi connectivity index (χ1v) is 5.27. The van der Waals surface area contributed by atoms with Crippen LogP contribution in [0.25, 0.3) is 11.1 Å². The molecule has 0 aliphatic carbocycles. The van der Waals surface area contributed by atoms with Gasteiger partial charge < -0.3 is 9.47 Å². The molecule has 88 valence electrons. The molecule has 2 aromatic rings. The van der Waals surface area contributed by atoms with Gasteiger partial charge in [0.1, 0.15) is 11.5 Å². The molecule has 2 rings (SSSR count). The molecule has 0 aliphatic heterocycles. The maximum absolute atomic E-state index is 12.1. The summed E-state index contributed by atoms with van der Waals surface area (Å²) in [5, 5.41) is 0. The fourth-order valence-electron chi connectivity index (χ4n) is 1.61. The van der Waals surface area contributed by atoms with Crippen molar-refractivity contribution < 1.29 is 13.9 Å². The molecule has 0 unspecified atom stereocenters. The summed E-state index contributed by atoms with van der Waals surface area (Å²) in [5.41, 5.74) is 2.02. The van der Waals surface area contributed by atoms with Crippen molar-refractivity contribution in [1.82, 2.24) is 0 Å². The molecule has 3 heteroatoms. The number of halogens is 1. The van der Waals surface area contributed by atoms with E-state index in [1.807, 2.05) is 36.4 Å². The lowest BCUT2D eigenvalue weighted by atomic mass is 10.1. The van der Waals surface area contributed by atoms with E-state index in [1.165, 1.54) is 0 Å². The predicted octanol–water partition coefficient (Wildman–Crippen LogP) is 3.67. The number of hydrogen-bond donors (Lipinski definition) is 0. The molecule has 0 amide bonds. The Morgan fingerprint density at radius 3 is 2.35 bits per heavy atom. The van der Waals surface area contributed by atoms with Gasteiger partial charge in [0.2, 0.25) is 6.86 Å². The lowest BCUT2D eigenvalue weighted by Crippen LogP contribution is -1.90. The Morgan fingerprint density at radius 1 is 0.941 bits per heavy atom. The molecule has 0 fully saturated rings. The highest BCUT2D eigenvalue weighted by Crippen LogP contribution is 2.25. The Labute approximate surface area is 99.6 Å². The zero-order valence-corrected chi connectivity index (χ0v) is 9.52. The highest BCUT2D eigenvalue weighted by Gasteiger charge is 2.00. The summed E-state index contributed by atoms with van der Waals surface area (Å²) in [6.07, 6.45) is 0. The van der Waals surface area contributed by atoms with Crippen LogP contribution in [0, 0.1) is 0 Å². The number of methoxy groups -OCH3 is 1. The maximum Gasteiger partial charge on any atom is 0.228 e. The van der Waals surface area contributed by atoms with E-state index in [2.05, 4.69) is 0 Å². The van der Waals surface area contributed by atoms with E-state index in [0.717, 1.165) is 16.9 Å². The lowest BCUT2D eigenvalue weighted by Gasteiger charge is -2.06. The van der Waals surface area contributed by atoms with Crippen LogP contribution >= 0.6 is 0 Å². The molecule has 0 N–H and O–H groups in total. The van der Waals surface area contributed by atoms with Crippen LogP contribution in [0.4, 0.5) is 4.39 Å². The van der Waals surface area contributed by atoms with Crippen molar-refractivity contribution in [3.63, 3.8) is 0 Å². The third kappa shape index (κ3) is 2.75. The van der Waals surface area contributed by atoms with Crippen molar-refractivity contribution in [2.45, 2.75) is 0 Å². The van der Waals surface area contributed by atoms with Gasteiger partial charge in [-0.2, -0.15) is 0 Å². The van der Waals surface area contributed by atoms with Gasteiger partial charge >= 0.3 is 0 Å². The summed E-state index contributed by atoms with van der Waals surface area (Å²) in [4.78, 5) is 0. The van der Waals surface area contributed by atoms with Gasteiger partial charge in [-0.15, -0.1) is 0 Å². The zero-order valence-electron chi connectivity index (χ0n) is 9.52. The number of hydrogen-bond acceptors (Lipinski definition) is 2. The van der Waals surface area contributed by atoms with Gasteiger partial charge in [-0.05, 0) is 35.4 Å². The average molecular weight is 232 g/mol. The second-order valence-electron chi connectivity index (χ2n) is 3.51. The molecule has 0 atom stereocenters. The van der Waals surface area contributed by atoms with E-state index >= 15 is 0 Å². The molecule has 0 aromatic heterocycles. The molecule has 0 saturated heterocycles. The Hall–Kier alpha value is -2.03. The van der Waals surface area contributed by atoms with E-state index in [0.29, 0.717) is 5.75 Å². The van der Waals surface area contributed by atoms with Gasteiger partial charge in [0.05, 0.1) is 7.11 Å². The van der Waals surface area contributed by atoms with Gasteiger partial charge in [0.15, 0.2) is 0 Å². The van der Waals surface area contributed by atoms with Crippen LogP contribution < -0.4 is 9.47 Å². The second-order valence-corrected chi connectivity index (χ2v) is 3.51. The van der Waals surface area contributed by atoms with Crippen molar-refractivity contribution in [2.24, 2.45) is 0 Å². The summed E-state index contributed by atoms with van der Waals surface area (Å²) in [7, 11) is 1.63.